The van der Waals surface area contributed by atoms with E-state index in [9.17, 15) is 4.79 Å². The molecule has 0 bridgehead atoms. The standard InChI is InChI=1S/C14H19NO/c1-5-13(16)15-12-8-6-11(7-9-12)10-14(2,3)4/h5-9H,1,10H2,2-4H3,(H,15,16). The van der Waals surface area contributed by atoms with E-state index in [1.54, 1.807) is 0 Å². The van der Waals surface area contributed by atoms with Gasteiger partial charge in [0.15, 0.2) is 0 Å². The Balaban J connectivity index is 2.68. The summed E-state index contributed by atoms with van der Waals surface area (Å²) in [4.78, 5) is 11.1. The van der Waals surface area contributed by atoms with Gasteiger partial charge in [0.25, 0.3) is 0 Å². The molecule has 16 heavy (non-hydrogen) atoms. The molecule has 0 fully saturated rings. The lowest BCUT2D eigenvalue weighted by Crippen LogP contribution is -2.10. The van der Waals surface area contributed by atoms with Crippen LogP contribution in [0.1, 0.15) is 26.3 Å². The summed E-state index contributed by atoms with van der Waals surface area (Å²) in [5.41, 5.74) is 2.37. The molecule has 0 aliphatic rings. The Labute approximate surface area is 97.4 Å². The van der Waals surface area contributed by atoms with Crippen molar-refractivity contribution in [1.29, 1.82) is 0 Å². The molecule has 1 amide bonds. The smallest absolute Gasteiger partial charge is 0.247 e. The van der Waals surface area contributed by atoms with E-state index >= 15 is 0 Å². The van der Waals surface area contributed by atoms with Gasteiger partial charge in [-0.2, -0.15) is 0 Å². The number of anilines is 1. The van der Waals surface area contributed by atoms with Crippen molar-refractivity contribution in [3.63, 3.8) is 0 Å². The molecule has 0 radical (unpaired) electrons. The van der Waals surface area contributed by atoms with E-state index in [0.29, 0.717) is 0 Å². The number of rotatable bonds is 3. The minimum atomic E-state index is -0.177. The molecule has 0 saturated heterocycles. The average molecular weight is 217 g/mol. The maximum absolute atomic E-state index is 11.1. The average Bonchev–Trinajstić information content (AvgIpc) is 2.18. The third-order valence-corrected chi connectivity index (χ3v) is 2.14. The molecular weight excluding hydrogens is 198 g/mol. The van der Waals surface area contributed by atoms with Gasteiger partial charge in [0, 0.05) is 5.69 Å². The van der Waals surface area contributed by atoms with Crippen LogP contribution in [0.3, 0.4) is 0 Å². The number of carbonyl (C=O) groups is 1. The predicted octanol–water partition coefficient (Wildman–Crippen LogP) is 3.40. The molecule has 0 heterocycles. The summed E-state index contributed by atoms with van der Waals surface area (Å²) in [5, 5.41) is 2.72. The SMILES string of the molecule is C=CC(=O)Nc1ccc(CC(C)(C)C)cc1. The number of hydrogen-bond donors (Lipinski definition) is 1. The molecular formula is C14H19NO. The summed E-state index contributed by atoms with van der Waals surface area (Å²) >= 11 is 0. The second kappa shape index (κ2) is 4.97. The maximum Gasteiger partial charge on any atom is 0.247 e. The Kier molecular flexibility index (Phi) is 3.88. The van der Waals surface area contributed by atoms with E-state index in [2.05, 4.69) is 32.7 Å². The first-order valence-electron chi connectivity index (χ1n) is 5.43. The van der Waals surface area contributed by atoms with Gasteiger partial charge in [-0.1, -0.05) is 39.5 Å². The number of hydrogen-bond acceptors (Lipinski definition) is 1. The third-order valence-electron chi connectivity index (χ3n) is 2.14. The monoisotopic (exact) mass is 217 g/mol. The minimum absolute atomic E-state index is 0.177. The van der Waals surface area contributed by atoms with E-state index in [1.807, 2.05) is 24.3 Å². The Morgan fingerprint density at radius 1 is 1.31 bits per heavy atom. The summed E-state index contributed by atoms with van der Waals surface area (Å²) in [6, 6.07) is 7.93. The zero-order valence-corrected chi connectivity index (χ0v) is 10.2. The molecule has 1 N–H and O–H groups in total. The van der Waals surface area contributed by atoms with Crippen molar-refractivity contribution in [3.8, 4) is 0 Å². The molecule has 1 rings (SSSR count). The van der Waals surface area contributed by atoms with Crippen LogP contribution in [0.15, 0.2) is 36.9 Å². The first-order chi connectivity index (χ1) is 7.40. The molecule has 0 saturated carbocycles. The van der Waals surface area contributed by atoms with Gasteiger partial charge in [-0.3, -0.25) is 4.79 Å². The van der Waals surface area contributed by atoms with Crippen molar-refractivity contribution in [2.45, 2.75) is 27.2 Å². The van der Waals surface area contributed by atoms with Crippen LogP contribution < -0.4 is 5.32 Å². The van der Waals surface area contributed by atoms with Crippen LogP contribution >= 0.6 is 0 Å². The van der Waals surface area contributed by atoms with Crippen LogP contribution in [0.2, 0.25) is 0 Å². The molecule has 2 nitrogen and oxygen atoms in total. The van der Waals surface area contributed by atoms with Crippen molar-refractivity contribution in [2.24, 2.45) is 5.41 Å². The molecule has 2 heteroatoms. The van der Waals surface area contributed by atoms with Gasteiger partial charge in [0.05, 0.1) is 0 Å². The molecule has 0 spiro atoms. The van der Waals surface area contributed by atoms with Gasteiger partial charge in [0.2, 0.25) is 5.91 Å². The van der Waals surface area contributed by atoms with Gasteiger partial charge in [-0.15, -0.1) is 0 Å². The summed E-state index contributed by atoms with van der Waals surface area (Å²) < 4.78 is 0. The van der Waals surface area contributed by atoms with E-state index in [0.717, 1.165) is 12.1 Å². The lowest BCUT2D eigenvalue weighted by atomic mass is 9.88. The van der Waals surface area contributed by atoms with Crippen molar-refractivity contribution in [1.82, 2.24) is 0 Å². The fraction of sp³-hybridized carbons (Fsp3) is 0.357. The van der Waals surface area contributed by atoms with Crippen LogP contribution in [-0.2, 0) is 11.2 Å². The van der Waals surface area contributed by atoms with Crippen molar-refractivity contribution < 1.29 is 4.79 Å². The fourth-order valence-corrected chi connectivity index (χ4v) is 1.51. The number of amides is 1. The van der Waals surface area contributed by atoms with Gasteiger partial charge in [0.1, 0.15) is 0 Å². The molecule has 1 aromatic carbocycles. The van der Waals surface area contributed by atoms with Crippen LogP contribution in [-0.4, -0.2) is 5.91 Å². The van der Waals surface area contributed by atoms with Crippen LogP contribution in [0.5, 0.6) is 0 Å². The number of carbonyl (C=O) groups excluding carboxylic acids is 1. The zero-order valence-electron chi connectivity index (χ0n) is 10.2. The Bertz CT molecular complexity index is 371. The van der Waals surface area contributed by atoms with Crippen molar-refractivity contribution in [2.75, 3.05) is 5.32 Å². The van der Waals surface area contributed by atoms with Gasteiger partial charge >= 0.3 is 0 Å². The molecule has 0 unspecified atom stereocenters. The van der Waals surface area contributed by atoms with Crippen LogP contribution in [0.4, 0.5) is 5.69 Å². The summed E-state index contributed by atoms with van der Waals surface area (Å²) in [7, 11) is 0. The summed E-state index contributed by atoms with van der Waals surface area (Å²) in [6.07, 6.45) is 2.30. The highest BCUT2D eigenvalue weighted by Gasteiger charge is 2.10. The van der Waals surface area contributed by atoms with Gasteiger partial charge in [-0.05, 0) is 35.6 Å². The number of nitrogens with one attached hydrogen (secondary N) is 1. The van der Waals surface area contributed by atoms with E-state index in [-0.39, 0.29) is 11.3 Å². The second-order valence-electron chi connectivity index (χ2n) is 5.13. The fourth-order valence-electron chi connectivity index (χ4n) is 1.51. The molecule has 0 aromatic heterocycles. The largest absolute Gasteiger partial charge is 0.323 e. The first-order valence-corrected chi connectivity index (χ1v) is 5.43. The highest BCUT2D eigenvalue weighted by molar-refractivity contribution is 5.98. The molecule has 0 aliphatic heterocycles. The molecule has 0 aliphatic carbocycles. The summed E-state index contributed by atoms with van der Waals surface area (Å²) in [5.74, 6) is -0.177. The molecule has 0 atom stereocenters. The highest BCUT2D eigenvalue weighted by Crippen LogP contribution is 2.21. The topological polar surface area (TPSA) is 29.1 Å². The Morgan fingerprint density at radius 3 is 2.31 bits per heavy atom. The minimum Gasteiger partial charge on any atom is -0.323 e. The normalized spacial score (nSPS) is 10.9. The zero-order chi connectivity index (χ0) is 12.2. The predicted molar refractivity (Wildman–Crippen MR) is 68.4 cm³/mol. The van der Waals surface area contributed by atoms with Crippen LogP contribution in [0.25, 0.3) is 0 Å². The lowest BCUT2D eigenvalue weighted by Gasteiger charge is -2.18. The summed E-state index contributed by atoms with van der Waals surface area (Å²) in [6.45, 7) is 10.0. The molecule has 1 aromatic rings. The second-order valence-corrected chi connectivity index (χ2v) is 5.13. The highest BCUT2D eigenvalue weighted by atomic mass is 16.1. The van der Waals surface area contributed by atoms with Gasteiger partial charge < -0.3 is 5.32 Å². The quantitative estimate of drug-likeness (QED) is 0.772. The van der Waals surface area contributed by atoms with Gasteiger partial charge in [-0.25, -0.2) is 0 Å². The molecule has 86 valence electrons. The van der Waals surface area contributed by atoms with Crippen LogP contribution in [0, 0.1) is 5.41 Å². The maximum atomic E-state index is 11.1. The third kappa shape index (κ3) is 4.30. The van der Waals surface area contributed by atoms with Crippen molar-refractivity contribution in [3.05, 3.63) is 42.5 Å². The Hall–Kier alpha value is -1.57. The van der Waals surface area contributed by atoms with E-state index in [1.165, 1.54) is 11.6 Å². The van der Waals surface area contributed by atoms with E-state index < -0.39 is 0 Å². The lowest BCUT2D eigenvalue weighted by molar-refractivity contribution is -0.111. The first kappa shape index (κ1) is 12.5. The Morgan fingerprint density at radius 2 is 1.88 bits per heavy atom. The number of benzene rings is 1. The van der Waals surface area contributed by atoms with E-state index in [4.69, 9.17) is 0 Å². The van der Waals surface area contributed by atoms with Crippen molar-refractivity contribution >= 4 is 11.6 Å².